The van der Waals surface area contributed by atoms with Crippen LogP contribution in [0.25, 0.3) is 21.1 Å². The molecule has 14 heteroatoms. The molecule has 2 aromatic heterocycles. The van der Waals surface area contributed by atoms with Crippen LogP contribution in [0.15, 0.2) is 102 Å². The number of benzene rings is 4. The second-order valence-electron chi connectivity index (χ2n) is 13.7. The summed E-state index contributed by atoms with van der Waals surface area (Å²) < 4.78 is 51.0. The van der Waals surface area contributed by atoms with Gasteiger partial charge in [0.15, 0.2) is 9.84 Å². The fraction of sp³-hybridized carbons (Fsp3) is 0.341. The van der Waals surface area contributed by atoms with Gasteiger partial charge in [-0.2, -0.15) is 0 Å². The van der Waals surface area contributed by atoms with Gasteiger partial charge in [0.1, 0.15) is 41.8 Å². The molecule has 2 heterocycles. The van der Waals surface area contributed by atoms with E-state index in [0.717, 1.165) is 45.9 Å². The monoisotopic (exact) mass is 784 g/mol. The van der Waals surface area contributed by atoms with Crippen LogP contribution in [-0.2, 0) is 32.5 Å². The Bertz CT molecular complexity index is 2250. The Morgan fingerprint density at radius 2 is 1.47 bits per heavy atom. The lowest BCUT2D eigenvalue weighted by molar-refractivity contribution is 0.0497. The van der Waals surface area contributed by atoms with Gasteiger partial charge in [-0.25, -0.2) is 23.4 Å². The zero-order valence-electron chi connectivity index (χ0n) is 31.4. The zero-order valence-corrected chi connectivity index (χ0v) is 33.0. The lowest BCUT2D eigenvalue weighted by Gasteiger charge is -2.22. The van der Waals surface area contributed by atoms with Crippen LogP contribution in [0.4, 0.5) is 11.5 Å². The third-order valence-corrected chi connectivity index (χ3v) is 11.9. The Labute approximate surface area is 326 Å². The fourth-order valence-electron chi connectivity index (χ4n) is 5.58. The first-order valence-corrected chi connectivity index (χ1v) is 20.6. The summed E-state index contributed by atoms with van der Waals surface area (Å²) in [6.45, 7) is 10.5. The Balaban J connectivity index is 0.890. The van der Waals surface area contributed by atoms with E-state index in [9.17, 15) is 8.42 Å². The molecule has 6 rings (SSSR count). The predicted octanol–water partition coefficient (Wildman–Crippen LogP) is 6.93. The number of ether oxygens (including phenoxy) is 4. The van der Waals surface area contributed by atoms with E-state index in [1.165, 1.54) is 6.33 Å². The molecule has 3 N–H and O–H groups in total. The van der Waals surface area contributed by atoms with E-state index in [2.05, 4.69) is 55.2 Å². The minimum Gasteiger partial charge on any atom is -0.491 e. The van der Waals surface area contributed by atoms with Crippen LogP contribution in [-0.4, -0.2) is 80.8 Å². The van der Waals surface area contributed by atoms with Gasteiger partial charge in [0.05, 0.1) is 52.4 Å². The van der Waals surface area contributed by atoms with Crippen molar-refractivity contribution in [1.29, 1.82) is 0 Å². The summed E-state index contributed by atoms with van der Waals surface area (Å²) >= 11 is 1.57. The molecule has 0 aliphatic heterocycles. The van der Waals surface area contributed by atoms with Crippen molar-refractivity contribution in [3.8, 4) is 11.5 Å². The van der Waals surface area contributed by atoms with Crippen LogP contribution in [0.1, 0.15) is 31.9 Å². The second-order valence-corrected chi connectivity index (χ2v) is 17.3. The number of sulfone groups is 1. The highest BCUT2D eigenvalue weighted by Gasteiger charge is 2.34. The maximum absolute atomic E-state index is 13.8. The van der Waals surface area contributed by atoms with Crippen molar-refractivity contribution >= 4 is 53.8 Å². The van der Waals surface area contributed by atoms with Crippen LogP contribution >= 0.6 is 11.3 Å². The molecule has 0 saturated heterocycles. The number of hydrogen-bond donors (Lipinski definition) is 3. The number of anilines is 2. The molecule has 290 valence electrons. The van der Waals surface area contributed by atoms with Gasteiger partial charge in [0.2, 0.25) is 0 Å². The Morgan fingerprint density at radius 3 is 2.27 bits per heavy atom. The van der Waals surface area contributed by atoms with Crippen molar-refractivity contribution < 1.29 is 27.4 Å². The molecule has 0 saturated carbocycles. The summed E-state index contributed by atoms with van der Waals surface area (Å²) in [5, 5.41) is 10.6. The molecule has 0 aliphatic rings. The number of nitrogens with zero attached hydrogens (tertiary/aromatic N) is 3. The van der Waals surface area contributed by atoms with Crippen molar-refractivity contribution in [1.82, 2.24) is 25.6 Å². The van der Waals surface area contributed by atoms with Gasteiger partial charge < -0.3 is 34.9 Å². The van der Waals surface area contributed by atoms with Crippen LogP contribution < -0.4 is 25.4 Å². The molecule has 0 unspecified atom stereocenters. The zero-order chi connectivity index (χ0) is 38.5. The summed E-state index contributed by atoms with van der Waals surface area (Å²) in [5.41, 5.74) is 6.30. The lowest BCUT2D eigenvalue weighted by atomic mass is 10.2. The molecular weight excluding hydrogens is 737 g/mol. The molecule has 0 aliphatic carbocycles. The number of hydrogen-bond acceptors (Lipinski definition) is 13. The first-order valence-electron chi connectivity index (χ1n) is 18.3. The summed E-state index contributed by atoms with van der Waals surface area (Å²) in [6.07, 6.45) is 1.45. The molecule has 6 aromatic rings. The van der Waals surface area contributed by atoms with Crippen LogP contribution in [0.3, 0.4) is 0 Å². The van der Waals surface area contributed by atoms with E-state index in [0.29, 0.717) is 62.8 Å². The normalized spacial score (nSPS) is 12.0. The first-order chi connectivity index (χ1) is 26.7. The highest BCUT2D eigenvalue weighted by molar-refractivity contribution is 7.92. The Morgan fingerprint density at radius 1 is 0.709 bits per heavy atom. The topological polar surface area (TPSA) is 146 Å². The SMILES string of the molecule is CC(C)(C)S(=O)(=O)c1cc2c(Nc3ccc4scnc4c3)ncnc2cc1OCCNCCOCCOCCNCc1cccc(OCc2ccccc2)c1. The van der Waals surface area contributed by atoms with Crippen LogP contribution in [0, 0.1) is 0 Å². The van der Waals surface area contributed by atoms with Crippen molar-refractivity contribution in [3.63, 3.8) is 0 Å². The second kappa shape index (κ2) is 19.2. The average molecular weight is 785 g/mol. The molecule has 0 spiro atoms. The van der Waals surface area contributed by atoms with Gasteiger partial charge in [0, 0.05) is 43.3 Å². The summed E-state index contributed by atoms with van der Waals surface area (Å²) in [6, 6.07) is 27.4. The molecular formula is C41H48N6O6S2. The molecule has 0 radical (unpaired) electrons. The number of rotatable bonds is 21. The van der Waals surface area contributed by atoms with E-state index >= 15 is 0 Å². The van der Waals surface area contributed by atoms with E-state index in [4.69, 9.17) is 18.9 Å². The maximum atomic E-state index is 13.8. The number of thiazole rings is 1. The number of aromatic nitrogens is 3. The quantitative estimate of drug-likeness (QED) is 0.0651. The molecule has 0 atom stereocenters. The van der Waals surface area contributed by atoms with Crippen molar-refractivity contribution in [2.24, 2.45) is 0 Å². The van der Waals surface area contributed by atoms with E-state index < -0.39 is 14.6 Å². The molecule has 0 amide bonds. The van der Waals surface area contributed by atoms with Crippen LogP contribution in [0.5, 0.6) is 11.5 Å². The Kier molecular flexibility index (Phi) is 14.0. The molecule has 0 bridgehead atoms. The van der Waals surface area contributed by atoms with Crippen molar-refractivity contribution in [2.45, 2.75) is 43.6 Å². The van der Waals surface area contributed by atoms with Gasteiger partial charge in [0.25, 0.3) is 0 Å². The Hall–Kier alpha value is -4.70. The van der Waals surface area contributed by atoms with Gasteiger partial charge in [-0.1, -0.05) is 42.5 Å². The van der Waals surface area contributed by atoms with Crippen molar-refractivity contribution in [2.75, 3.05) is 58.0 Å². The highest BCUT2D eigenvalue weighted by Crippen LogP contribution is 2.37. The molecule has 55 heavy (non-hydrogen) atoms. The van der Waals surface area contributed by atoms with E-state index in [1.54, 1.807) is 49.8 Å². The van der Waals surface area contributed by atoms with Crippen LogP contribution in [0.2, 0.25) is 0 Å². The van der Waals surface area contributed by atoms with Gasteiger partial charge >= 0.3 is 0 Å². The summed E-state index contributed by atoms with van der Waals surface area (Å²) in [4.78, 5) is 13.3. The van der Waals surface area contributed by atoms with E-state index in [1.807, 2.05) is 48.5 Å². The number of nitrogens with one attached hydrogen (secondary N) is 3. The minimum absolute atomic E-state index is 0.0946. The minimum atomic E-state index is -3.78. The fourth-order valence-corrected chi connectivity index (χ4v) is 7.55. The third-order valence-electron chi connectivity index (χ3n) is 8.62. The molecule has 0 fully saturated rings. The number of fused-ring (bicyclic) bond motifs is 2. The maximum Gasteiger partial charge on any atom is 0.186 e. The largest absolute Gasteiger partial charge is 0.491 e. The standard InChI is InChI=1S/C41H48N6O6S2/c1-41(2,3)55(48,49)39-24-34-35(44-28-45-40(34)47-32-12-13-38-36(23-32)46-29-54-38)25-37(39)52-19-16-42-14-17-50-20-21-51-18-15-43-26-31-10-7-11-33(22-31)53-27-30-8-5-4-6-9-30/h4-13,22-25,28-29,42-43H,14-21,26-27H2,1-3H3,(H,44,45,47). The highest BCUT2D eigenvalue weighted by atomic mass is 32.2. The smallest absolute Gasteiger partial charge is 0.186 e. The molecule has 4 aromatic carbocycles. The molecule has 12 nitrogen and oxygen atoms in total. The van der Waals surface area contributed by atoms with Gasteiger partial charge in [-0.3, -0.25) is 0 Å². The third kappa shape index (κ3) is 11.2. The average Bonchev–Trinajstić information content (AvgIpc) is 3.65. The summed E-state index contributed by atoms with van der Waals surface area (Å²) in [5.74, 6) is 1.59. The van der Waals surface area contributed by atoms with Crippen molar-refractivity contribution in [3.05, 3.63) is 108 Å². The predicted molar refractivity (Wildman–Crippen MR) is 218 cm³/mol. The van der Waals surface area contributed by atoms with Gasteiger partial charge in [-0.05, 0) is 68.3 Å². The van der Waals surface area contributed by atoms with Gasteiger partial charge in [-0.15, -0.1) is 11.3 Å². The first kappa shape index (κ1) is 40.0. The van der Waals surface area contributed by atoms with E-state index in [-0.39, 0.29) is 17.3 Å². The lowest BCUT2D eigenvalue weighted by Crippen LogP contribution is -2.29. The summed E-state index contributed by atoms with van der Waals surface area (Å²) in [7, 11) is -3.78.